The van der Waals surface area contributed by atoms with E-state index in [9.17, 15) is 18.0 Å². The zero-order valence-electron chi connectivity index (χ0n) is 17.7. The summed E-state index contributed by atoms with van der Waals surface area (Å²) in [6.07, 6.45) is 3.61. The van der Waals surface area contributed by atoms with Crippen molar-refractivity contribution in [3.8, 4) is 11.5 Å². The number of hydrogen-bond donors (Lipinski definition) is 2. The molecule has 170 valence electrons. The number of carbonyl (C=O) groups is 2. The van der Waals surface area contributed by atoms with Crippen LogP contribution in [-0.4, -0.2) is 46.5 Å². The fraction of sp³-hybridized carbons (Fsp3) is 0.364. The van der Waals surface area contributed by atoms with Crippen molar-refractivity contribution in [2.45, 2.75) is 36.6 Å². The van der Waals surface area contributed by atoms with E-state index in [4.69, 9.17) is 9.47 Å². The van der Waals surface area contributed by atoms with E-state index < -0.39 is 21.8 Å². The maximum absolute atomic E-state index is 12.8. The predicted octanol–water partition coefficient (Wildman–Crippen LogP) is 2.28. The molecule has 2 N–H and O–H groups in total. The summed E-state index contributed by atoms with van der Waals surface area (Å²) in [6.45, 7) is -0.516. The zero-order valence-corrected chi connectivity index (χ0v) is 18.5. The molecule has 1 heterocycles. The van der Waals surface area contributed by atoms with Crippen LogP contribution in [0.15, 0.2) is 47.4 Å². The Hall–Kier alpha value is -3.11. The maximum atomic E-state index is 12.8. The molecule has 2 aromatic carbocycles. The molecule has 0 saturated heterocycles. The lowest BCUT2D eigenvalue weighted by Crippen LogP contribution is -2.43. The zero-order chi connectivity index (χ0) is 22.7. The van der Waals surface area contributed by atoms with Gasteiger partial charge in [0, 0.05) is 17.8 Å². The number of sulfonamides is 1. The minimum absolute atomic E-state index is 0.0275. The lowest BCUT2D eigenvalue weighted by molar-refractivity contribution is -0.123. The summed E-state index contributed by atoms with van der Waals surface area (Å²) < 4.78 is 39.0. The molecule has 2 aromatic rings. The Balaban J connectivity index is 1.54. The molecule has 32 heavy (non-hydrogen) atoms. The first-order valence-electron chi connectivity index (χ1n) is 10.4. The van der Waals surface area contributed by atoms with Gasteiger partial charge in [0.05, 0.1) is 17.7 Å². The molecule has 9 nitrogen and oxygen atoms in total. The van der Waals surface area contributed by atoms with Crippen LogP contribution in [0.3, 0.4) is 0 Å². The van der Waals surface area contributed by atoms with Crippen LogP contribution in [0, 0.1) is 0 Å². The Morgan fingerprint density at radius 2 is 1.97 bits per heavy atom. The van der Waals surface area contributed by atoms with E-state index in [1.165, 1.54) is 30.2 Å². The Bertz CT molecular complexity index is 1130. The van der Waals surface area contributed by atoms with E-state index in [2.05, 4.69) is 10.0 Å². The van der Waals surface area contributed by atoms with Crippen LogP contribution in [0.1, 0.15) is 25.7 Å². The monoisotopic (exact) mass is 459 g/mol. The van der Waals surface area contributed by atoms with Gasteiger partial charge in [-0.15, -0.1) is 0 Å². The van der Waals surface area contributed by atoms with Crippen LogP contribution < -0.4 is 24.4 Å². The van der Waals surface area contributed by atoms with Crippen molar-refractivity contribution in [3.05, 3.63) is 42.5 Å². The van der Waals surface area contributed by atoms with E-state index >= 15 is 0 Å². The molecular weight excluding hydrogens is 434 g/mol. The minimum atomic E-state index is -3.76. The maximum Gasteiger partial charge on any atom is 0.265 e. The number of carbonyl (C=O) groups excluding carboxylic acids is 2. The molecule has 0 spiro atoms. The summed E-state index contributed by atoms with van der Waals surface area (Å²) in [6, 6.07) is 11.1. The molecule has 2 aliphatic rings. The highest BCUT2D eigenvalue weighted by Crippen LogP contribution is 2.34. The standard InChI is InChI=1S/C22H25N3O6S/c1-30-17-8-4-7-16(11-17)23-21(26)13-25-19-12-18(9-10-20(19)31-14-22(25)27)32(28,29)24-15-5-2-3-6-15/h4,7-12,15,24H,2-3,5-6,13-14H2,1H3,(H,23,26). The second-order valence-corrected chi connectivity index (χ2v) is 9.49. The average Bonchev–Trinajstić information content (AvgIpc) is 3.28. The number of methoxy groups -OCH3 is 1. The smallest absolute Gasteiger partial charge is 0.265 e. The summed E-state index contributed by atoms with van der Waals surface area (Å²) in [7, 11) is -2.24. The predicted molar refractivity (Wildman–Crippen MR) is 118 cm³/mol. The number of nitrogens with zero attached hydrogens (tertiary/aromatic N) is 1. The third-order valence-corrected chi connectivity index (χ3v) is 7.03. The summed E-state index contributed by atoms with van der Waals surface area (Å²) >= 11 is 0. The highest BCUT2D eigenvalue weighted by atomic mass is 32.2. The topological polar surface area (TPSA) is 114 Å². The number of rotatable bonds is 7. The van der Waals surface area contributed by atoms with E-state index in [0.717, 1.165) is 25.7 Å². The van der Waals surface area contributed by atoms with E-state index in [1.807, 2.05) is 0 Å². The number of amides is 2. The molecular formula is C22H25N3O6S. The largest absolute Gasteiger partial charge is 0.497 e. The Kier molecular flexibility index (Phi) is 6.33. The first-order valence-corrected chi connectivity index (χ1v) is 11.9. The van der Waals surface area contributed by atoms with Crippen LogP contribution in [0.2, 0.25) is 0 Å². The SMILES string of the molecule is COc1cccc(NC(=O)CN2C(=O)COc3ccc(S(=O)(=O)NC4CCCC4)cc32)c1. The van der Waals surface area contributed by atoms with Crippen LogP contribution in [0.5, 0.6) is 11.5 Å². The lowest BCUT2D eigenvalue weighted by atomic mass is 10.2. The van der Waals surface area contributed by atoms with Gasteiger partial charge < -0.3 is 14.8 Å². The normalized spacial score (nSPS) is 16.4. The summed E-state index contributed by atoms with van der Waals surface area (Å²) in [4.78, 5) is 26.4. The lowest BCUT2D eigenvalue weighted by Gasteiger charge is -2.29. The van der Waals surface area contributed by atoms with Gasteiger partial charge in [-0.05, 0) is 43.2 Å². The molecule has 1 fully saturated rings. The van der Waals surface area contributed by atoms with Gasteiger partial charge in [0.15, 0.2) is 6.61 Å². The summed E-state index contributed by atoms with van der Waals surface area (Å²) in [5, 5.41) is 2.72. The van der Waals surface area contributed by atoms with Gasteiger partial charge in [0.25, 0.3) is 5.91 Å². The fourth-order valence-corrected chi connectivity index (χ4v) is 5.22. The average molecular weight is 460 g/mol. The third-order valence-electron chi connectivity index (χ3n) is 5.52. The van der Waals surface area contributed by atoms with Gasteiger partial charge in [-0.1, -0.05) is 18.9 Å². The molecule has 4 rings (SSSR count). The number of nitrogens with one attached hydrogen (secondary N) is 2. The third kappa shape index (κ3) is 4.86. The first kappa shape index (κ1) is 22.1. The van der Waals surface area contributed by atoms with Crippen LogP contribution >= 0.6 is 0 Å². The highest BCUT2D eigenvalue weighted by Gasteiger charge is 2.30. The molecule has 0 aromatic heterocycles. The molecule has 1 aliphatic carbocycles. The van der Waals surface area contributed by atoms with E-state index in [0.29, 0.717) is 17.2 Å². The van der Waals surface area contributed by atoms with E-state index in [1.54, 1.807) is 24.3 Å². The number of fused-ring (bicyclic) bond motifs is 1. The molecule has 2 amide bonds. The molecule has 0 atom stereocenters. The van der Waals surface area contributed by atoms with Crippen molar-refractivity contribution in [1.29, 1.82) is 0 Å². The molecule has 0 unspecified atom stereocenters. The molecule has 1 saturated carbocycles. The van der Waals surface area contributed by atoms with Crippen LogP contribution in [-0.2, 0) is 19.6 Å². The molecule has 0 radical (unpaired) electrons. The second-order valence-electron chi connectivity index (χ2n) is 7.78. The van der Waals surface area contributed by atoms with Gasteiger partial charge in [0.1, 0.15) is 18.0 Å². The summed E-state index contributed by atoms with van der Waals surface area (Å²) in [5.41, 5.74) is 0.767. The van der Waals surface area contributed by atoms with Gasteiger partial charge in [-0.25, -0.2) is 13.1 Å². The van der Waals surface area contributed by atoms with Crippen LogP contribution in [0.4, 0.5) is 11.4 Å². The second kappa shape index (κ2) is 9.17. The number of anilines is 2. The van der Waals surface area contributed by atoms with Crippen molar-refractivity contribution in [1.82, 2.24) is 4.72 Å². The van der Waals surface area contributed by atoms with Crippen molar-refractivity contribution >= 4 is 33.2 Å². The van der Waals surface area contributed by atoms with Gasteiger partial charge in [-0.3, -0.25) is 14.5 Å². The minimum Gasteiger partial charge on any atom is -0.497 e. The van der Waals surface area contributed by atoms with Crippen molar-refractivity contribution in [2.24, 2.45) is 0 Å². The Morgan fingerprint density at radius 1 is 1.19 bits per heavy atom. The van der Waals surface area contributed by atoms with Gasteiger partial charge in [0.2, 0.25) is 15.9 Å². The Labute approximate surface area is 186 Å². The van der Waals surface area contributed by atoms with Crippen molar-refractivity contribution < 1.29 is 27.5 Å². The Morgan fingerprint density at radius 3 is 2.72 bits per heavy atom. The fourth-order valence-electron chi connectivity index (χ4n) is 3.90. The molecule has 1 aliphatic heterocycles. The number of ether oxygens (including phenoxy) is 2. The van der Waals surface area contributed by atoms with Crippen molar-refractivity contribution in [3.63, 3.8) is 0 Å². The van der Waals surface area contributed by atoms with Crippen LogP contribution in [0.25, 0.3) is 0 Å². The van der Waals surface area contributed by atoms with Gasteiger partial charge >= 0.3 is 0 Å². The molecule has 0 bridgehead atoms. The summed E-state index contributed by atoms with van der Waals surface area (Å²) in [5.74, 6) is 0.0622. The number of hydrogen-bond acceptors (Lipinski definition) is 6. The number of benzene rings is 2. The quantitative estimate of drug-likeness (QED) is 0.657. The van der Waals surface area contributed by atoms with Gasteiger partial charge in [-0.2, -0.15) is 0 Å². The van der Waals surface area contributed by atoms with Crippen molar-refractivity contribution in [2.75, 3.05) is 30.5 Å². The first-order chi connectivity index (χ1) is 15.4. The van der Waals surface area contributed by atoms with E-state index in [-0.39, 0.29) is 29.8 Å². The highest BCUT2D eigenvalue weighted by molar-refractivity contribution is 7.89. The molecule has 10 heteroatoms.